The summed E-state index contributed by atoms with van der Waals surface area (Å²) in [5.41, 5.74) is 4.92. The normalized spacial score (nSPS) is 20.8. The Bertz CT molecular complexity index is 463. The van der Waals surface area contributed by atoms with Crippen LogP contribution in [0.15, 0.2) is 17.5 Å². The summed E-state index contributed by atoms with van der Waals surface area (Å²) < 4.78 is 0. The molecule has 0 radical (unpaired) electrons. The Morgan fingerprint density at radius 2 is 2.40 bits per heavy atom. The van der Waals surface area contributed by atoms with Crippen LogP contribution in [0.25, 0.3) is 0 Å². The van der Waals surface area contributed by atoms with Crippen molar-refractivity contribution in [3.8, 4) is 0 Å². The van der Waals surface area contributed by atoms with Gasteiger partial charge in [0.05, 0.1) is 12.6 Å². The number of aliphatic hydroxyl groups excluding tert-OH is 1. The third-order valence-corrected chi connectivity index (χ3v) is 4.45. The molecule has 1 saturated heterocycles. The maximum absolute atomic E-state index is 11.6. The van der Waals surface area contributed by atoms with Gasteiger partial charge in [-0.15, -0.1) is 11.3 Å². The van der Waals surface area contributed by atoms with Crippen LogP contribution in [0.4, 0.5) is 4.79 Å². The van der Waals surface area contributed by atoms with Crippen LogP contribution >= 0.6 is 11.3 Å². The van der Waals surface area contributed by atoms with Crippen LogP contribution in [0.3, 0.4) is 0 Å². The van der Waals surface area contributed by atoms with Crippen molar-refractivity contribution in [2.75, 3.05) is 13.1 Å². The molecule has 3 amide bonds. The van der Waals surface area contributed by atoms with Crippen LogP contribution in [0.2, 0.25) is 0 Å². The molecule has 1 aliphatic rings. The van der Waals surface area contributed by atoms with Crippen LogP contribution in [-0.2, 0) is 4.79 Å². The van der Waals surface area contributed by atoms with Crippen LogP contribution in [0, 0.1) is 0 Å². The number of hydrogen-bond acceptors (Lipinski definition) is 5. The summed E-state index contributed by atoms with van der Waals surface area (Å²) in [5.74, 6) is -0.394. The van der Waals surface area contributed by atoms with Gasteiger partial charge in [-0.1, -0.05) is 6.07 Å². The van der Waals surface area contributed by atoms with E-state index in [1.165, 1.54) is 11.3 Å². The first kappa shape index (κ1) is 15.0. The molecule has 0 aromatic carbocycles. The van der Waals surface area contributed by atoms with E-state index in [0.29, 0.717) is 6.42 Å². The number of nitrogens with one attached hydrogen (secondary N) is 1. The molecule has 1 aromatic heterocycles. The molecule has 1 aliphatic heterocycles. The molecule has 0 saturated carbocycles. The van der Waals surface area contributed by atoms with Crippen LogP contribution in [0.5, 0.6) is 0 Å². The van der Waals surface area contributed by atoms with Crippen molar-refractivity contribution in [2.24, 2.45) is 5.73 Å². The zero-order valence-corrected chi connectivity index (χ0v) is 11.9. The van der Waals surface area contributed by atoms with Crippen molar-refractivity contribution in [2.45, 2.75) is 31.4 Å². The fraction of sp³-hybridized carbons (Fsp3) is 0.538. The zero-order valence-electron chi connectivity index (χ0n) is 11.1. The molecule has 0 unspecified atom stereocenters. The van der Waals surface area contributed by atoms with E-state index in [9.17, 15) is 14.7 Å². The highest BCUT2D eigenvalue weighted by Crippen LogP contribution is 2.29. The number of carbonyl (C=O) groups is 2. The van der Waals surface area contributed by atoms with Gasteiger partial charge in [0, 0.05) is 10.9 Å². The Morgan fingerprint density at radius 3 is 3.05 bits per heavy atom. The van der Waals surface area contributed by atoms with Crippen LogP contribution < -0.4 is 11.1 Å². The smallest absolute Gasteiger partial charge is 0.318 e. The molecule has 0 aliphatic carbocycles. The first-order chi connectivity index (χ1) is 9.56. The van der Waals surface area contributed by atoms with Gasteiger partial charge in [-0.05, 0) is 37.3 Å². The molecule has 2 atom stereocenters. The Kier molecular flexibility index (Phi) is 5.11. The second-order valence-corrected chi connectivity index (χ2v) is 5.93. The summed E-state index contributed by atoms with van der Waals surface area (Å²) in [4.78, 5) is 25.1. The molecular formula is C13H19N3O3S. The summed E-state index contributed by atoms with van der Waals surface area (Å²) in [6, 6.07) is 3.15. The largest absolute Gasteiger partial charge is 0.388 e. The minimum absolute atomic E-state index is 0.144. The predicted octanol–water partition coefficient (Wildman–Crippen LogP) is 0.831. The third-order valence-electron chi connectivity index (χ3n) is 3.48. The number of amides is 3. The lowest BCUT2D eigenvalue weighted by molar-refractivity contribution is -0.121. The van der Waals surface area contributed by atoms with Crippen molar-refractivity contribution in [1.29, 1.82) is 0 Å². The highest BCUT2D eigenvalue weighted by molar-refractivity contribution is 7.10. The number of primary amides is 1. The lowest BCUT2D eigenvalue weighted by Gasteiger charge is -2.25. The van der Waals surface area contributed by atoms with E-state index in [-0.39, 0.29) is 12.6 Å². The monoisotopic (exact) mass is 297 g/mol. The molecule has 2 heterocycles. The number of hydrogen-bond donors (Lipinski definition) is 3. The molecule has 0 bridgehead atoms. The van der Waals surface area contributed by atoms with E-state index < -0.39 is 18.0 Å². The van der Waals surface area contributed by atoms with Crippen molar-refractivity contribution in [3.05, 3.63) is 22.4 Å². The van der Waals surface area contributed by atoms with Crippen molar-refractivity contribution < 1.29 is 14.7 Å². The fourth-order valence-electron chi connectivity index (χ4n) is 2.59. The SMILES string of the molecule is NC(=O)NC(=O)CN1CCC[C@H]1C[C@H](O)c1cccs1. The summed E-state index contributed by atoms with van der Waals surface area (Å²) >= 11 is 1.53. The Labute approximate surface area is 121 Å². The Balaban J connectivity index is 1.87. The van der Waals surface area contributed by atoms with Crippen LogP contribution in [-0.4, -0.2) is 41.1 Å². The maximum Gasteiger partial charge on any atom is 0.318 e. The highest BCUT2D eigenvalue weighted by atomic mass is 32.1. The number of rotatable bonds is 5. The second-order valence-electron chi connectivity index (χ2n) is 4.95. The van der Waals surface area contributed by atoms with Gasteiger partial charge < -0.3 is 10.8 Å². The molecule has 0 spiro atoms. The second kappa shape index (κ2) is 6.83. The van der Waals surface area contributed by atoms with Gasteiger partial charge in [0.2, 0.25) is 5.91 Å². The standard InChI is InChI=1S/C13H19N3O3S/c14-13(19)15-12(18)8-16-5-1-3-9(16)7-10(17)11-4-2-6-20-11/h2,4,6,9-10,17H,1,3,5,7-8H2,(H3,14,15,18,19)/t9-,10-/m0/s1. The number of nitrogens with two attached hydrogens (primary N) is 1. The maximum atomic E-state index is 11.6. The van der Waals surface area contributed by atoms with E-state index >= 15 is 0 Å². The molecule has 1 fully saturated rings. The number of imide groups is 1. The van der Waals surface area contributed by atoms with E-state index in [0.717, 1.165) is 24.3 Å². The summed E-state index contributed by atoms with van der Waals surface area (Å²) in [6.45, 7) is 0.943. The molecule has 6 nitrogen and oxygen atoms in total. The molecule has 4 N–H and O–H groups in total. The van der Waals surface area contributed by atoms with E-state index in [1.807, 2.05) is 22.4 Å². The van der Waals surface area contributed by atoms with Gasteiger partial charge in [0.25, 0.3) is 0 Å². The summed E-state index contributed by atoms with van der Waals surface area (Å²) in [5, 5.41) is 14.2. The minimum atomic E-state index is -0.829. The predicted molar refractivity (Wildman–Crippen MR) is 76.2 cm³/mol. The molecule has 110 valence electrons. The molecule has 1 aromatic rings. The number of urea groups is 1. The summed E-state index contributed by atoms with van der Waals surface area (Å²) in [6.07, 6.45) is 2.04. The van der Waals surface area contributed by atoms with Gasteiger partial charge in [0.15, 0.2) is 0 Å². The van der Waals surface area contributed by atoms with E-state index in [2.05, 4.69) is 5.32 Å². The number of carbonyl (C=O) groups excluding carboxylic acids is 2. The molecule has 20 heavy (non-hydrogen) atoms. The number of nitrogens with zero attached hydrogens (tertiary/aromatic N) is 1. The van der Waals surface area contributed by atoms with Gasteiger partial charge in [-0.2, -0.15) is 0 Å². The van der Waals surface area contributed by atoms with E-state index in [1.54, 1.807) is 0 Å². The van der Waals surface area contributed by atoms with Crippen molar-refractivity contribution in [1.82, 2.24) is 10.2 Å². The fourth-order valence-corrected chi connectivity index (χ4v) is 3.31. The Hall–Kier alpha value is -1.44. The molecule has 7 heteroatoms. The van der Waals surface area contributed by atoms with Crippen molar-refractivity contribution >= 4 is 23.3 Å². The van der Waals surface area contributed by atoms with Gasteiger partial charge in [-0.25, -0.2) is 4.79 Å². The Morgan fingerprint density at radius 1 is 1.60 bits per heavy atom. The van der Waals surface area contributed by atoms with E-state index in [4.69, 9.17) is 5.73 Å². The number of thiophene rings is 1. The quantitative estimate of drug-likeness (QED) is 0.750. The lowest BCUT2D eigenvalue weighted by Crippen LogP contribution is -2.44. The molecule has 2 rings (SSSR count). The third kappa shape index (κ3) is 4.03. The topological polar surface area (TPSA) is 95.7 Å². The average Bonchev–Trinajstić information content (AvgIpc) is 3.00. The number of aliphatic hydroxyl groups is 1. The average molecular weight is 297 g/mol. The highest BCUT2D eigenvalue weighted by Gasteiger charge is 2.28. The van der Waals surface area contributed by atoms with Gasteiger partial charge in [0.1, 0.15) is 0 Å². The lowest BCUT2D eigenvalue weighted by atomic mass is 10.1. The first-order valence-corrected chi connectivity index (χ1v) is 7.49. The first-order valence-electron chi connectivity index (χ1n) is 6.61. The minimum Gasteiger partial charge on any atom is -0.388 e. The van der Waals surface area contributed by atoms with Gasteiger partial charge in [-0.3, -0.25) is 15.0 Å². The summed E-state index contributed by atoms with van der Waals surface area (Å²) in [7, 11) is 0. The van der Waals surface area contributed by atoms with Crippen LogP contribution in [0.1, 0.15) is 30.2 Å². The van der Waals surface area contributed by atoms with Gasteiger partial charge >= 0.3 is 6.03 Å². The number of likely N-dealkylation sites (tertiary alicyclic amines) is 1. The molecular weight excluding hydrogens is 278 g/mol. The van der Waals surface area contributed by atoms with Crippen molar-refractivity contribution in [3.63, 3.8) is 0 Å². The zero-order chi connectivity index (χ0) is 14.5.